The molecule has 0 amide bonds. The van der Waals surface area contributed by atoms with Gasteiger partial charge in [-0.2, -0.15) is 15.5 Å². The number of hydrogen-bond donors (Lipinski definition) is 0. The fraction of sp³-hybridized carbons (Fsp3) is 0.0625. The van der Waals surface area contributed by atoms with Crippen LogP contribution in [0.25, 0.3) is 0 Å². The van der Waals surface area contributed by atoms with E-state index in [1.165, 1.54) is 12.3 Å². The summed E-state index contributed by atoms with van der Waals surface area (Å²) < 4.78 is 13.5. The Balaban J connectivity index is 2.05. The molecule has 4 heteroatoms. The topological polar surface area (TPSA) is 48.5 Å². The van der Waals surface area contributed by atoms with E-state index in [9.17, 15) is 4.39 Å². The van der Waals surface area contributed by atoms with Gasteiger partial charge in [0.15, 0.2) is 0 Å². The van der Waals surface area contributed by atoms with Crippen LogP contribution in [-0.4, -0.2) is 12.4 Å². The molecular formula is C16H12FN3. The second-order valence-electron chi connectivity index (χ2n) is 4.25. The van der Waals surface area contributed by atoms with Gasteiger partial charge in [-0.3, -0.25) is 0 Å². The molecule has 2 aromatic rings. The van der Waals surface area contributed by atoms with E-state index in [0.29, 0.717) is 11.1 Å². The van der Waals surface area contributed by atoms with Crippen molar-refractivity contribution < 1.29 is 4.39 Å². The smallest absolute Gasteiger partial charge is 0.132 e. The second-order valence-corrected chi connectivity index (χ2v) is 4.25. The predicted octanol–water partition coefficient (Wildman–Crippen LogP) is 3.46. The standard InChI is InChI=1S/C16H12FN3/c1-12-2-7-15(16(17)8-12)11-20-19-10-14-5-3-13(9-18)4-6-14/h2-8,10-11H,1H3/b19-10+,20-11+. The first kappa shape index (κ1) is 13.6. The summed E-state index contributed by atoms with van der Waals surface area (Å²) in [7, 11) is 0. The van der Waals surface area contributed by atoms with Crippen LogP contribution in [0.15, 0.2) is 52.7 Å². The maximum absolute atomic E-state index is 13.5. The van der Waals surface area contributed by atoms with Crippen molar-refractivity contribution in [1.82, 2.24) is 0 Å². The molecule has 0 aliphatic rings. The second kappa shape index (κ2) is 6.39. The SMILES string of the molecule is Cc1ccc(/C=N/N=C/c2ccc(C#N)cc2)c(F)c1. The van der Waals surface area contributed by atoms with Gasteiger partial charge in [-0.1, -0.05) is 24.3 Å². The number of hydrogen-bond acceptors (Lipinski definition) is 3. The molecule has 0 fully saturated rings. The Hall–Kier alpha value is -2.80. The fourth-order valence-electron chi connectivity index (χ4n) is 1.58. The van der Waals surface area contributed by atoms with Crippen LogP contribution >= 0.6 is 0 Å². The zero-order valence-corrected chi connectivity index (χ0v) is 10.9. The largest absolute Gasteiger partial charge is 0.206 e. The number of aryl methyl sites for hydroxylation is 1. The summed E-state index contributed by atoms with van der Waals surface area (Å²) in [6.45, 7) is 1.83. The Morgan fingerprint density at radius 2 is 1.75 bits per heavy atom. The molecule has 0 saturated heterocycles. The number of nitriles is 1. The third-order valence-corrected chi connectivity index (χ3v) is 2.67. The lowest BCUT2D eigenvalue weighted by Gasteiger charge is -1.96. The van der Waals surface area contributed by atoms with E-state index >= 15 is 0 Å². The van der Waals surface area contributed by atoms with Crippen molar-refractivity contribution >= 4 is 12.4 Å². The first-order valence-corrected chi connectivity index (χ1v) is 6.02. The molecule has 0 unspecified atom stereocenters. The van der Waals surface area contributed by atoms with Crippen LogP contribution < -0.4 is 0 Å². The summed E-state index contributed by atoms with van der Waals surface area (Å²) in [4.78, 5) is 0. The molecule has 0 N–H and O–H groups in total. The highest BCUT2D eigenvalue weighted by Crippen LogP contribution is 2.07. The van der Waals surface area contributed by atoms with E-state index in [1.54, 1.807) is 36.5 Å². The molecule has 20 heavy (non-hydrogen) atoms. The minimum atomic E-state index is -0.317. The normalized spacial score (nSPS) is 11.1. The molecule has 2 aromatic carbocycles. The van der Waals surface area contributed by atoms with Gasteiger partial charge in [0.25, 0.3) is 0 Å². The van der Waals surface area contributed by atoms with Gasteiger partial charge in [0.1, 0.15) is 5.82 Å². The van der Waals surface area contributed by atoms with E-state index < -0.39 is 0 Å². The minimum Gasteiger partial charge on any atom is -0.206 e. The predicted molar refractivity (Wildman–Crippen MR) is 77.5 cm³/mol. The third kappa shape index (κ3) is 3.59. The van der Waals surface area contributed by atoms with E-state index in [-0.39, 0.29) is 5.82 Å². The van der Waals surface area contributed by atoms with Crippen molar-refractivity contribution in [3.05, 3.63) is 70.5 Å². The van der Waals surface area contributed by atoms with Crippen molar-refractivity contribution in [3.63, 3.8) is 0 Å². The van der Waals surface area contributed by atoms with Gasteiger partial charge in [0.2, 0.25) is 0 Å². The van der Waals surface area contributed by atoms with Gasteiger partial charge in [-0.15, -0.1) is 0 Å². The maximum atomic E-state index is 13.5. The molecule has 0 radical (unpaired) electrons. The first-order chi connectivity index (χ1) is 9.69. The van der Waals surface area contributed by atoms with E-state index in [4.69, 9.17) is 5.26 Å². The van der Waals surface area contributed by atoms with Gasteiger partial charge < -0.3 is 0 Å². The summed E-state index contributed by atoms with van der Waals surface area (Å²) in [6.07, 6.45) is 2.92. The number of nitrogens with zero attached hydrogens (tertiary/aromatic N) is 3. The van der Waals surface area contributed by atoms with Gasteiger partial charge >= 0.3 is 0 Å². The molecule has 0 spiro atoms. The molecule has 0 aromatic heterocycles. The van der Waals surface area contributed by atoms with Crippen LogP contribution in [0.5, 0.6) is 0 Å². The summed E-state index contributed by atoms with van der Waals surface area (Å²) in [6, 6.07) is 13.9. The molecule has 3 nitrogen and oxygen atoms in total. The van der Waals surface area contributed by atoms with Crippen LogP contribution in [0.1, 0.15) is 22.3 Å². The highest BCUT2D eigenvalue weighted by molar-refractivity contribution is 5.83. The summed E-state index contributed by atoms with van der Waals surface area (Å²) >= 11 is 0. The molecule has 0 aliphatic heterocycles. The third-order valence-electron chi connectivity index (χ3n) is 2.67. The number of halogens is 1. The van der Waals surface area contributed by atoms with Crippen LogP contribution in [0.2, 0.25) is 0 Å². The average Bonchev–Trinajstić information content (AvgIpc) is 2.46. The van der Waals surface area contributed by atoms with Crippen molar-refractivity contribution in [3.8, 4) is 6.07 Å². The quantitative estimate of drug-likeness (QED) is 0.619. The zero-order chi connectivity index (χ0) is 14.4. The van der Waals surface area contributed by atoms with Crippen LogP contribution in [-0.2, 0) is 0 Å². The van der Waals surface area contributed by atoms with Crippen LogP contribution in [0.3, 0.4) is 0 Å². The molecule has 0 aliphatic carbocycles. The lowest BCUT2D eigenvalue weighted by atomic mass is 10.1. The van der Waals surface area contributed by atoms with Crippen LogP contribution in [0.4, 0.5) is 4.39 Å². The van der Waals surface area contributed by atoms with Gasteiger partial charge in [-0.25, -0.2) is 4.39 Å². The minimum absolute atomic E-state index is 0.317. The fourth-order valence-corrected chi connectivity index (χ4v) is 1.58. The van der Waals surface area contributed by atoms with Gasteiger partial charge in [0, 0.05) is 5.56 Å². The highest BCUT2D eigenvalue weighted by Gasteiger charge is 1.98. The van der Waals surface area contributed by atoms with E-state index in [2.05, 4.69) is 10.2 Å². The monoisotopic (exact) mass is 265 g/mol. The Labute approximate surface area is 116 Å². The molecular weight excluding hydrogens is 253 g/mol. The summed E-state index contributed by atoms with van der Waals surface area (Å²) in [5, 5.41) is 16.3. The molecule has 0 heterocycles. The number of benzene rings is 2. The van der Waals surface area contributed by atoms with Crippen LogP contribution in [0, 0.1) is 24.1 Å². The molecule has 0 saturated carbocycles. The maximum Gasteiger partial charge on any atom is 0.132 e. The number of rotatable bonds is 3. The zero-order valence-electron chi connectivity index (χ0n) is 10.9. The van der Waals surface area contributed by atoms with Crippen molar-refractivity contribution in [2.45, 2.75) is 6.92 Å². The average molecular weight is 265 g/mol. The molecule has 98 valence electrons. The Kier molecular flexibility index (Phi) is 4.35. The lowest BCUT2D eigenvalue weighted by molar-refractivity contribution is 0.624. The van der Waals surface area contributed by atoms with Gasteiger partial charge in [-0.05, 0) is 36.2 Å². The summed E-state index contributed by atoms with van der Waals surface area (Å²) in [5.74, 6) is -0.317. The van der Waals surface area contributed by atoms with Crippen molar-refractivity contribution in [2.24, 2.45) is 10.2 Å². The molecule has 0 bridgehead atoms. The Morgan fingerprint density at radius 1 is 1.05 bits per heavy atom. The van der Waals surface area contributed by atoms with Gasteiger partial charge in [0.05, 0.1) is 24.1 Å². The Bertz CT molecular complexity index is 695. The Morgan fingerprint density at radius 3 is 2.40 bits per heavy atom. The summed E-state index contributed by atoms with van der Waals surface area (Å²) in [5.41, 5.74) is 2.67. The van der Waals surface area contributed by atoms with E-state index in [0.717, 1.165) is 11.1 Å². The lowest BCUT2D eigenvalue weighted by Crippen LogP contribution is -1.88. The first-order valence-electron chi connectivity index (χ1n) is 6.02. The highest BCUT2D eigenvalue weighted by atomic mass is 19.1. The van der Waals surface area contributed by atoms with Crippen molar-refractivity contribution in [2.75, 3.05) is 0 Å². The molecule has 2 rings (SSSR count). The van der Waals surface area contributed by atoms with E-state index in [1.807, 2.05) is 19.1 Å². The van der Waals surface area contributed by atoms with Crippen molar-refractivity contribution in [1.29, 1.82) is 5.26 Å². The molecule has 0 atom stereocenters.